The summed E-state index contributed by atoms with van der Waals surface area (Å²) in [5.74, 6) is -1.33. The Morgan fingerprint density at radius 2 is 2.11 bits per heavy atom. The van der Waals surface area contributed by atoms with Gasteiger partial charge in [0.05, 0.1) is 5.56 Å². The van der Waals surface area contributed by atoms with Crippen molar-refractivity contribution in [1.82, 2.24) is 0 Å². The third-order valence-electron chi connectivity index (χ3n) is 2.70. The van der Waals surface area contributed by atoms with E-state index in [-0.39, 0.29) is 17.4 Å². The molecule has 0 aromatic heterocycles. The fraction of sp³-hybridized carbons (Fsp3) is 0.385. The summed E-state index contributed by atoms with van der Waals surface area (Å²) in [7, 11) is 0. The van der Waals surface area contributed by atoms with Crippen molar-refractivity contribution in [1.29, 1.82) is 0 Å². The van der Waals surface area contributed by atoms with Gasteiger partial charge in [0.1, 0.15) is 0 Å². The maximum Gasteiger partial charge on any atom is 0.335 e. The summed E-state index contributed by atoms with van der Waals surface area (Å²) in [5, 5.41) is 11.7. The Balaban J connectivity index is 2.76. The van der Waals surface area contributed by atoms with Gasteiger partial charge in [-0.05, 0) is 37.6 Å². The summed E-state index contributed by atoms with van der Waals surface area (Å²) in [5.41, 5.74) is 5.99. The van der Waals surface area contributed by atoms with E-state index in [1.54, 1.807) is 6.07 Å². The summed E-state index contributed by atoms with van der Waals surface area (Å²) in [6.45, 7) is 2.37. The molecule has 0 aliphatic heterocycles. The zero-order valence-electron chi connectivity index (χ0n) is 10.6. The number of carbonyl (C=O) groups excluding carboxylic acids is 1. The van der Waals surface area contributed by atoms with Gasteiger partial charge in [-0.2, -0.15) is 0 Å². The molecule has 0 saturated heterocycles. The first-order valence-electron chi connectivity index (χ1n) is 5.99. The molecule has 0 radical (unpaired) electrons. The van der Waals surface area contributed by atoms with Crippen LogP contribution in [0, 0.1) is 5.92 Å². The average Bonchev–Trinajstić information content (AvgIpc) is 2.34. The number of rotatable bonds is 6. The zero-order valence-corrected chi connectivity index (χ0v) is 12.2. The molecular formula is C13H17BrN2O3. The number of benzene rings is 1. The van der Waals surface area contributed by atoms with E-state index in [0.717, 1.165) is 6.42 Å². The SMILES string of the molecule is CC(CCCN)C(=O)Nc1cc(Br)cc(C(=O)O)c1. The highest BCUT2D eigenvalue weighted by molar-refractivity contribution is 9.10. The molecule has 0 aliphatic carbocycles. The van der Waals surface area contributed by atoms with Crippen LogP contribution in [0.3, 0.4) is 0 Å². The van der Waals surface area contributed by atoms with Crippen LogP contribution < -0.4 is 11.1 Å². The molecule has 0 heterocycles. The van der Waals surface area contributed by atoms with Crippen molar-refractivity contribution in [2.75, 3.05) is 11.9 Å². The van der Waals surface area contributed by atoms with Crippen LogP contribution in [-0.4, -0.2) is 23.5 Å². The number of carboxylic acids is 1. The minimum absolute atomic E-state index is 0.124. The third-order valence-corrected chi connectivity index (χ3v) is 3.16. The Labute approximate surface area is 120 Å². The molecule has 1 rings (SSSR count). The van der Waals surface area contributed by atoms with E-state index in [9.17, 15) is 9.59 Å². The molecule has 0 saturated carbocycles. The summed E-state index contributed by atoms with van der Waals surface area (Å²) in [4.78, 5) is 22.8. The molecule has 0 bridgehead atoms. The van der Waals surface area contributed by atoms with E-state index in [0.29, 0.717) is 23.1 Å². The quantitative estimate of drug-likeness (QED) is 0.747. The molecule has 1 atom stereocenters. The zero-order chi connectivity index (χ0) is 14.4. The van der Waals surface area contributed by atoms with Gasteiger partial charge < -0.3 is 16.2 Å². The largest absolute Gasteiger partial charge is 0.478 e. The number of carboxylic acid groups (broad SMARTS) is 1. The predicted octanol–water partition coefficient (Wildman–Crippen LogP) is 2.46. The lowest BCUT2D eigenvalue weighted by molar-refractivity contribution is -0.119. The van der Waals surface area contributed by atoms with Gasteiger partial charge >= 0.3 is 5.97 Å². The van der Waals surface area contributed by atoms with Crippen LogP contribution in [0.2, 0.25) is 0 Å². The summed E-state index contributed by atoms with van der Waals surface area (Å²) in [6, 6.07) is 4.58. The van der Waals surface area contributed by atoms with Gasteiger partial charge in [-0.3, -0.25) is 4.79 Å². The fourth-order valence-corrected chi connectivity index (χ4v) is 2.10. The standard InChI is InChI=1S/C13H17BrN2O3/c1-8(3-2-4-15)12(17)16-11-6-9(13(18)19)5-10(14)7-11/h5-8H,2-4,15H2,1H3,(H,16,17)(H,18,19). The minimum Gasteiger partial charge on any atom is -0.478 e. The normalized spacial score (nSPS) is 11.9. The second-order valence-electron chi connectivity index (χ2n) is 4.35. The van der Waals surface area contributed by atoms with Crippen molar-refractivity contribution in [3.05, 3.63) is 28.2 Å². The van der Waals surface area contributed by atoms with Gasteiger partial charge in [0.25, 0.3) is 0 Å². The highest BCUT2D eigenvalue weighted by atomic mass is 79.9. The van der Waals surface area contributed by atoms with Crippen molar-refractivity contribution in [2.45, 2.75) is 19.8 Å². The molecule has 4 N–H and O–H groups in total. The van der Waals surface area contributed by atoms with Crippen LogP contribution in [0.25, 0.3) is 0 Å². The van der Waals surface area contributed by atoms with E-state index >= 15 is 0 Å². The first-order valence-corrected chi connectivity index (χ1v) is 6.78. The van der Waals surface area contributed by atoms with Gasteiger partial charge in [-0.1, -0.05) is 22.9 Å². The number of nitrogens with one attached hydrogen (secondary N) is 1. The summed E-state index contributed by atoms with van der Waals surface area (Å²) < 4.78 is 0.609. The second kappa shape index (κ2) is 7.25. The highest BCUT2D eigenvalue weighted by Crippen LogP contribution is 2.20. The van der Waals surface area contributed by atoms with E-state index in [1.165, 1.54) is 12.1 Å². The van der Waals surface area contributed by atoms with Gasteiger partial charge in [-0.25, -0.2) is 4.79 Å². The monoisotopic (exact) mass is 328 g/mol. The molecule has 0 spiro atoms. The number of hydrogen-bond donors (Lipinski definition) is 3. The Bertz CT molecular complexity index is 477. The molecular weight excluding hydrogens is 312 g/mol. The molecule has 1 aromatic rings. The van der Waals surface area contributed by atoms with Gasteiger partial charge in [0.2, 0.25) is 5.91 Å². The number of halogens is 1. The first-order chi connectivity index (χ1) is 8.93. The van der Waals surface area contributed by atoms with Crippen molar-refractivity contribution < 1.29 is 14.7 Å². The lowest BCUT2D eigenvalue weighted by Gasteiger charge is -2.12. The molecule has 0 aliphatic rings. The fourth-order valence-electron chi connectivity index (χ4n) is 1.61. The van der Waals surface area contributed by atoms with Crippen LogP contribution in [0.4, 0.5) is 5.69 Å². The average molecular weight is 329 g/mol. The highest BCUT2D eigenvalue weighted by Gasteiger charge is 2.14. The molecule has 0 fully saturated rings. The van der Waals surface area contributed by atoms with Crippen molar-refractivity contribution in [2.24, 2.45) is 11.7 Å². The Morgan fingerprint density at radius 3 is 2.68 bits per heavy atom. The van der Waals surface area contributed by atoms with Crippen molar-refractivity contribution >= 4 is 33.5 Å². The smallest absolute Gasteiger partial charge is 0.335 e. The first kappa shape index (κ1) is 15.7. The topological polar surface area (TPSA) is 92.4 Å². The van der Waals surface area contributed by atoms with Crippen LogP contribution in [0.1, 0.15) is 30.1 Å². The predicted molar refractivity (Wildman–Crippen MR) is 77.2 cm³/mol. The maximum absolute atomic E-state index is 11.9. The van der Waals surface area contributed by atoms with E-state index in [2.05, 4.69) is 21.2 Å². The van der Waals surface area contributed by atoms with E-state index in [4.69, 9.17) is 10.8 Å². The number of carbonyl (C=O) groups is 2. The van der Waals surface area contributed by atoms with Crippen LogP contribution in [0.15, 0.2) is 22.7 Å². The maximum atomic E-state index is 11.9. The number of nitrogens with two attached hydrogens (primary N) is 1. The number of aromatic carboxylic acids is 1. The minimum atomic E-state index is -1.03. The lowest BCUT2D eigenvalue weighted by atomic mass is 10.0. The van der Waals surface area contributed by atoms with Gasteiger partial charge in [0.15, 0.2) is 0 Å². The molecule has 19 heavy (non-hydrogen) atoms. The molecule has 6 heteroatoms. The molecule has 104 valence electrons. The summed E-state index contributed by atoms with van der Waals surface area (Å²) >= 11 is 3.22. The number of hydrogen-bond acceptors (Lipinski definition) is 3. The Hall–Kier alpha value is -1.40. The Kier molecular flexibility index (Phi) is 5.98. The number of anilines is 1. The molecule has 1 unspecified atom stereocenters. The number of amides is 1. The molecule has 1 aromatic carbocycles. The van der Waals surface area contributed by atoms with Crippen molar-refractivity contribution in [3.63, 3.8) is 0 Å². The lowest BCUT2D eigenvalue weighted by Crippen LogP contribution is -2.21. The molecule has 5 nitrogen and oxygen atoms in total. The third kappa shape index (κ3) is 5.00. The second-order valence-corrected chi connectivity index (χ2v) is 5.27. The van der Waals surface area contributed by atoms with Gasteiger partial charge in [0, 0.05) is 16.1 Å². The van der Waals surface area contributed by atoms with Gasteiger partial charge in [-0.15, -0.1) is 0 Å². The van der Waals surface area contributed by atoms with Crippen molar-refractivity contribution in [3.8, 4) is 0 Å². The van der Waals surface area contributed by atoms with E-state index in [1.807, 2.05) is 6.92 Å². The molecule has 1 amide bonds. The van der Waals surface area contributed by atoms with Crippen LogP contribution >= 0.6 is 15.9 Å². The van der Waals surface area contributed by atoms with Crippen LogP contribution in [0.5, 0.6) is 0 Å². The van der Waals surface area contributed by atoms with Crippen LogP contribution in [-0.2, 0) is 4.79 Å². The van der Waals surface area contributed by atoms with E-state index < -0.39 is 5.97 Å². The summed E-state index contributed by atoms with van der Waals surface area (Å²) in [6.07, 6.45) is 1.50. The Morgan fingerprint density at radius 1 is 1.42 bits per heavy atom.